The van der Waals surface area contributed by atoms with Crippen molar-refractivity contribution in [2.75, 3.05) is 13.2 Å². The van der Waals surface area contributed by atoms with Crippen LogP contribution in [-0.2, 0) is 4.74 Å². The smallest absolute Gasteiger partial charge is 0.210 e. The molecule has 0 bridgehead atoms. The number of aliphatic hydroxyl groups excluding tert-OH is 2. The third-order valence-electron chi connectivity index (χ3n) is 1.20. The van der Waals surface area contributed by atoms with Crippen LogP contribution in [0.1, 0.15) is 7.79 Å². The summed E-state index contributed by atoms with van der Waals surface area (Å²) in [5.74, 6) is 0. The van der Waals surface area contributed by atoms with E-state index < -0.39 is 18.8 Å². The average molecular weight is 121 g/mol. The highest BCUT2D eigenvalue weighted by Gasteiger charge is 2.24. The van der Waals surface area contributed by atoms with E-state index in [1.165, 1.54) is 0 Å². The fourth-order valence-electron chi connectivity index (χ4n) is 0.671. The van der Waals surface area contributed by atoms with Crippen molar-refractivity contribution in [3.63, 3.8) is 0 Å². The molecule has 1 aliphatic rings. The summed E-state index contributed by atoms with van der Waals surface area (Å²) in [5, 5.41) is 13.1. The zero-order valence-corrected chi connectivity index (χ0v) is 4.41. The summed E-state index contributed by atoms with van der Waals surface area (Å²) in [6.07, 6.45) is -0.818. The first-order valence-corrected chi connectivity index (χ1v) is 2.58. The van der Waals surface area contributed by atoms with E-state index >= 15 is 0 Å². The van der Waals surface area contributed by atoms with E-state index in [2.05, 4.69) is 5.11 Å². The minimum absolute atomic E-state index is 0.0382. The standard InChI is InChI=1S/C5H10O3/c6-3-5-4(7)1-2-8-5/h4-7H,1-3H2/i2T,6D. The maximum Gasteiger partial charge on any atom is 0.210 e. The van der Waals surface area contributed by atoms with Gasteiger partial charge in [0.2, 0.25) is 1.43 Å². The first-order valence-electron chi connectivity index (χ1n) is 3.56. The predicted octanol–water partition coefficient (Wildman–Crippen LogP) is -0.871. The van der Waals surface area contributed by atoms with Crippen LogP contribution in [-0.4, -0.2) is 37.0 Å². The maximum atomic E-state index is 9.08. The number of rotatable bonds is 2. The molecule has 1 aliphatic heterocycles. The number of hydrogen-bond donors (Lipinski definition) is 2. The molecule has 0 aliphatic carbocycles. The summed E-state index contributed by atoms with van der Waals surface area (Å²) in [7, 11) is 0. The van der Waals surface area contributed by atoms with Gasteiger partial charge in [-0.05, 0) is 6.42 Å². The monoisotopic (exact) mass is 121 g/mol. The maximum absolute atomic E-state index is 9.08. The highest BCUT2D eigenvalue weighted by Crippen LogP contribution is 2.11. The second kappa shape index (κ2) is 2.44. The fraction of sp³-hybridized carbons (Fsp3) is 1.00. The third-order valence-corrected chi connectivity index (χ3v) is 1.20. The lowest BCUT2D eigenvalue weighted by atomic mass is 10.2. The Morgan fingerprint density at radius 3 is 3.50 bits per heavy atom. The summed E-state index contributed by atoms with van der Waals surface area (Å²) in [4.78, 5) is 0. The molecule has 3 nitrogen and oxygen atoms in total. The Kier molecular flexibility index (Phi) is 1.16. The van der Waals surface area contributed by atoms with Gasteiger partial charge in [0.1, 0.15) is 6.10 Å². The lowest BCUT2D eigenvalue weighted by molar-refractivity contribution is 0.00406. The SMILES string of the molecule is [2H]OCC1OC([3H])CC1O. The van der Waals surface area contributed by atoms with Crippen LogP contribution in [0.4, 0.5) is 0 Å². The summed E-state index contributed by atoms with van der Waals surface area (Å²) < 4.78 is 18.3. The second-order valence-electron chi connectivity index (χ2n) is 1.81. The van der Waals surface area contributed by atoms with Crippen molar-refractivity contribution in [3.05, 3.63) is 0 Å². The largest absolute Gasteiger partial charge is 0.394 e. The van der Waals surface area contributed by atoms with Crippen molar-refractivity contribution in [1.29, 1.82) is 1.43 Å². The Morgan fingerprint density at radius 1 is 2.12 bits per heavy atom. The minimum atomic E-state index is -0.657. The van der Waals surface area contributed by atoms with Crippen LogP contribution in [0.25, 0.3) is 0 Å². The Bertz CT molecular complexity index is 111. The second-order valence-corrected chi connectivity index (χ2v) is 1.81. The van der Waals surface area contributed by atoms with E-state index in [4.69, 9.17) is 12.6 Å². The van der Waals surface area contributed by atoms with Gasteiger partial charge in [0.05, 0.1) is 14.1 Å². The van der Waals surface area contributed by atoms with Crippen molar-refractivity contribution < 1.29 is 16.3 Å². The van der Waals surface area contributed by atoms with Gasteiger partial charge in [-0.15, -0.1) is 0 Å². The van der Waals surface area contributed by atoms with Crippen LogP contribution in [0.2, 0.25) is 0 Å². The molecule has 3 unspecified atom stereocenters. The van der Waals surface area contributed by atoms with Crippen LogP contribution >= 0.6 is 0 Å². The third kappa shape index (κ3) is 0.992. The Morgan fingerprint density at radius 2 is 3.00 bits per heavy atom. The summed E-state index contributed by atoms with van der Waals surface area (Å²) in [6.45, 7) is -0.619. The molecule has 2 N–H and O–H groups in total. The molecule has 0 amide bonds. The van der Waals surface area contributed by atoms with Gasteiger partial charge in [0.25, 0.3) is 0 Å². The van der Waals surface area contributed by atoms with E-state index in [1.807, 2.05) is 0 Å². The molecular weight excluding hydrogens is 108 g/mol. The lowest BCUT2D eigenvalue weighted by Gasteiger charge is -2.07. The molecule has 1 heterocycles. The molecule has 1 saturated heterocycles. The highest BCUT2D eigenvalue weighted by atomic mass is 16.5. The van der Waals surface area contributed by atoms with Gasteiger partial charge < -0.3 is 15.0 Å². The minimum Gasteiger partial charge on any atom is -0.394 e. The summed E-state index contributed by atoms with van der Waals surface area (Å²) in [5.41, 5.74) is 0. The molecule has 0 saturated carbocycles. The van der Waals surface area contributed by atoms with Gasteiger partial charge >= 0.3 is 0 Å². The summed E-state index contributed by atoms with van der Waals surface area (Å²) >= 11 is 0. The van der Waals surface area contributed by atoms with E-state index in [0.29, 0.717) is 6.42 Å². The van der Waals surface area contributed by atoms with Crippen molar-refractivity contribution in [2.24, 2.45) is 0 Å². The van der Waals surface area contributed by atoms with Gasteiger partial charge in [-0.2, -0.15) is 0 Å². The van der Waals surface area contributed by atoms with E-state index in [1.54, 1.807) is 0 Å². The zero-order chi connectivity index (χ0) is 7.56. The van der Waals surface area contributed by atoms with E-state index in [-0.39, 0.29) is 6.61 Å². The normalized spacial score (nSPS) is 50.9. The molecule has 0 spiro atoms. The number of ether oxygens (including phenoxy) is 1. The average Bonchev–Trinajstić information content (AvgIpc) is 2.13. The van der Waals surface area contributed by atoms with E-state index in [9.17, 15) is 0 Å². The fourth-order valence-corrected chi connectivity index (χ4v) is 0.671. The quantitative estimate of drug-likeness (QED) is 0.499. The van der Waals surface area contributed by atoms with Gasteiger partial charge in [0, 0.05) is 6.58 Å². The predicted molar refractivity (Wildman–Crippen MR) is 27.4 cm³/mol. The number of hydrogen-bond acceptors (Lipinski definition) is 3. The van der Waals surface area contributed by atoms with Crippen molar-refractivity contribution in [1.82, 2.24) is 0 Å². The molecule has 0 aromatic rings. The highest BCUT2D eigenvalue weighted by molar-refractivity contribution is 4.73. The molecule has 0 radical (unpaired) electrons. The van der Waals surface area contributed by atoms with Crippen LogP contribution in [0, 0.1) is 0 Å². The Balaban J connectivity index is 2.31. The molecule has 0 aromatic heterocycles. The van der Waals surface area contributed by atoms with Gasteiger partial charge in [-0.3, -0.25) is 0 Å². The van der Waals surface area contributed by atoms with Gasteiger partial charge in [0.15, 0.2) is 0 Å². The van der Waals surface area contributed by atoms with Crippen LogP contribution < -0.4 is 0 Å². The number of aliphatic hydroxyl groups is 2. The van der Waals surface area contributed by atoms with Gasteiger partial charge in [-0.1, -0.05) is 0 Å². The molecule has 0 aromatic carbocycles. The topological polar surface area (TPSA) is 49.7 Å². The molecule has 1 rings (SSSR count). The van der Waals surface area contributed by atoms with Crippen molar-refractivity contribution in [2.45, 2.75) is 18.6 Å². The molecule has 3 heteroatoms. The first-order chi connectivity index (χ1) is 4.74. The Labute approximate surface area is 50.8 Å². The Hall–Kier alpha value is -0.120. The van der Waals surface area contributed by atoms with Gasteiger partial charge in [-0.25, -0.2) is 0 Å². The molecule has 8 heavy (non-hydrogen) atoms. The lowest BCUT2D eigenvalue weighted by Crippen LogP contribution is -2.24. The zero-order valence-electron chi connectivity index (χ0n) is 6.41. The van der Waals surface area contributed by atoms with Crippen molar-refractivity contribution >= 4 is 0 Å². The van der Waals surface area contributed by atoms with Crippen LogP contribution in [0.15, 0.2) is 0 Å². The first kappa shape index (κ1) is 3.82. The van der Waals surface area contributed by atoms with Crippen molar-refractivity contribution in [3.8, 4) is 0 Å². The molecule has 3 atom stereocenters. The van der Waals surface area contributed by atoms with Crippen LogP contribution in [0.5, 0.6) is 0 Å². The molecule has 1 fully saturated rings. The molecular formula is C5H10O3. The van der Waals surface area contributed by atoms with Crippen LogP contribution in [0.3, 0.4) is 0 Å². The van der Waals surface area contributed by atoms with E-state index in [0.717, 1.165) is 0 Å². The summed E-state index contributed by atoms with van der Waals surface area (Å²) in [6, 6.07) is 0. The molecule has 48 valence electrons.